The van der Waals surface area contributed by atoms with Crippen LogP contribution in [0.5, 0.6) is 17.2 Å². The first-order valence-electron chi connectivity index (χ1n) is 10.1. The second-order valence-corrected chi connectivity index (χ2v) is 8.61. The van der Waals surface area contributed by atoms with Crippen molar-refractivity contribution in [3.05, 3.63) is 56.8 Å². The number of hydrogen-bond donors (Lipinski definition) is 1. The standard InChI is InChI=1S/C23H24BrNO5/c1-3-4-7-25(2)11-18-19(26)6-5-17-21(27)20(30-23(17)18)10-14-8-16(24)9-15-12-28-13-29-22(14)15/h5-6,8-10,26H,3-4,7,11-13H2,1-2H3. The Bertz CT molecular complexity index is 1020. The fraction of sp³-hybridized carbons (Fsp3) is 0.348. The molecule has 1 N–H and O–H groups in total. The van der Waals surface area contributed by atoms with Crippen LogP contribution in [0.2, 0.25) is 0 Å². The lowest BCUT2D eigenvalue weighted by molar-refractivity contribution is -0.894. The van der Waals surface area contributed by atoms with Crippen LogP contribution in [0.4, 0.5) is 0 Å². The lowest BCUT2D eigenvalue weighted by Crippen LogP contribution is -3.07. The zero-order valence-electron chi connectivity index (χ0n) is 17.0. The average Bonchev–Trinajstić information content (AvgIpc) is 3.04. The molecule has 2 heterocycles. The summed E-state index contributed by atoms with van der Waals surface area (Å²) in [5.41, 5.74) is 2.62. The number of halogens is 1. The first kappa shape index (κ1) is 20.9. The van der Waals surface area contributed by atoms with Crippen LogP contribution >= 0.6 is 15.9 Å². The molecule has 1 unspecified atom stereocenters. The van der Waals surface area contributed by atoms with Gasteiger partial charge in [0.25, 0.3) is 0 Å². The Balaban J connectivity index is 1.68. The summed E-state index contributed by atoms with van der Waals surface area (Å²) in [6, 6.07) is 6.83. The second-order valence-electron chi connectivity index (χ2n) is 7.69. The number of unbranched alkanes of at least 4 members (excludes halogenated alkanes) is 1. The van der Waals surface area contributed by atoms with Crippen LogP contribution in [0.15, 0.2) is 34.5 Å². The van der Waals surface area contributed by atoms with Crippen molar-refractivity contribution >= 4 is 27.8 Å². The van der Waals surface area contributed by atoms with Crippen molar-refractivity contribution in [3.8, 4) is 17.2 Å². The van der Waals surface area contributed by atoms with Crippen molar-refractivity contribution in [1.82, 2.24) is 0 Å². The van der Waals surface area contributed by atoms with Gasteiger partial charge in [0.05, 0.1) is 25.8 Å². The summed E-state index contributed by atoms with van der Waals surface area (Å²) in [6.07, 6.45) is 3.86. The zero-order valence-corrected chi connectivity index (χ0v) is 18.6. The topological polar surface area (TPSA) is 72.3 Å². The molecule has 0 bridgehead atoms. The van der Waals surface area contributed by atoms with Crippen LogP contribution in [0, 0.1) is 0 Å². The van der Waals surface area contributed by atoms with Crippen LogP contribution in [-0.4, -0.2) is 26.2 Å². The van der Waals surface area contributed by atoms with E-state index in [-0.39, 0.29) is 24.1 Å². The van der Waals surface area contributed by atoms with Crippen LogP contribution < -0.4 is 19.5 Å². The molecule has 1 atom stereocenters. The zero-order chi connectivity index (χ0) is 21.3. The molecule has 2 aliphatic rings. The van der Waals surface area contributed by atoms with Crippen molar-refractivity contribution < 1.29 is 29.0 Å². The SMILES string of the molecule is CCCC[NH+](C)Cc1c([O-])ccc2c1OC(=Cc1cc(Br)cc3c1OCOC3)C2=O. The molecule has 30 heavy (non-hydrogen) atoms. The normalized spacial score (nSPS) is 17.3. The number of rotatable bonds is 6. The number of Topliss-reactive ketones (excluding diaryl/α,β-unsaturated/α-hetero) is 1. The molecule has 0 spiro atoms. The van der Waals surface area contributed by atoms with Crippen LogP contribution in [0.3, 0.4) is 0 Å². The van der Waals surface area contributed by atoms with Gasteiger partial charge in [0, 0.05) is 21.2 Å². The van der Waals surface area contributed by atoms with Crippen molar-refractivity contribution in [1.29, 1.82) is 0 Å². The van der Waals surface area contributed by atoms with E-state index < -0.39 is 0 Å². The quantitative estimate of drug-likeness (QED) is 0.653. The monoisotopic (exact) mass is 473 g/mol. The highest BCUT2D eigenvalue weighted by molar-refractivity contribution is 9.10. The van der Waals surface area contributed by atoms with Gasteiger partial charge in [-0.25, -0.2) is 0 Å². The minimum atomic E-state index is -0.224. The molecule has 6 nitrogen and oxygen atoms in total. The maximum absolute atomic E-state index is 13.0. The molecule has 0 aromatic heterocycles. The number of fused-ring (bicyclic) bond motifs is 2. The maximum atomic E-state index is 13.0. The molecular formula is C23H24BrNO5. The number of ketones is 1. The summed E-state index contributed by atoms with van der Waals surface area (Å²) in [6.45, 7) is 4.23. The minimum Gasteiger partial charge on any atom is -0.872 e. The number of hydrogen-bond acceptors (Lipinski definition) is 5. The maximum Gasteiger partial charge on any atom is 0.231 e. The highest BCUT2D eigenvalue weighted by Crippen LogP contribution is 2.40. The Labute approximate surface area is 184 Å². The molecule has 158 valence electrons. The van der Waals surface area contributed by atoms with Gasteiger partial charge >= 0.3 is 0 Å². The fourth-order valence-electron chi connectivity index (χ4n) is 3.78. The van der Waals surface area contributed by atoms with E-state index in [1.165, 1.54) is 11.0 Å². The molecule has 2 aliphatic heterocycles. The summed E-state index contributed by atoms with van der Waals surface area (Å²) in [4.78, 5) is 14.2. The lowest BCUT2D eigenvalue weighted by Gasteiger charge is -2.20. The van der Waals surface area contributed by atoms with E-state index in [2.05, 4.69) is 29.9 Å². The Morgan fingerprint density at radius 1 is 1.27 bits per heavy atom. The highest BCUT2D eigenvalue weighted by atomic mass is 79.9. The van der Waals surface area contributed by atoms with Crippen LogP contribution in [0.25, 0.3) is 6.08 Å². The number of quaternary nitrogens is 1. The van der Waals surface area contributed by atoms with E-state index in [4.69, 9.17) is 14.2 Å². The molecule has 0 saturated heterocycles. The predicted molar refractivity (Wildman–Crippen MR) is 114 cm³/mol. The van der Waals surface area contributed by atoms with Crippen LogP contribution in [0.1, 0.15) is 46.8 Å². The van der Waals surface area contributed by atoms with E-state index >= 15 is 0 Å². The minimum absolute atomic E-state index is 0.0982. The summed E-state index contributed by atoms with van der Waals surface area (Å²) in [5.74, 6) is 0.941. The molecule has 0 fully saturated rings. The van der Waals surface area contributed by atoms with Gasteiger partial charge in [-0.05, 0) is 30.7 Å². The third kappa shape index (κ3) is 4.10. The fourth-order valence-corrected chi connectivity index (χ4v) is 4.31. The van der Waals surface area contributed by atoms with E-state index in [0.717, 1.165) is 35.0 Å². The van der Waals surface area contributed by atoms with Gasteiger partial charge in [0.15, 0.2) is 12.6 Å². The number of benzene rings is 2. The molecule has 0 radical (unpaired) electrons. The average molecular weight is 474 g/mol. The summed E-state index contributed by atoms with van der Waals surface area (Å²) >= 11 is 3.49. The van der Waals surface area contributed by atoms with Crippen LogP contribution in [-0.2, 0) is 17.9 Å². The Kier molecular flexibility index (Phi) is 6.13. The molecule has 0 saturated carbocycles. The lowest BCUT2D eigenvalue weighted by atomic mass is 10.0. The molecule has 0 amide bonds. The Hall–Kier alpha value is -2.35. The number of nitrogens with one attached hydrogen (secondary N) is 1. The van der Waals surface area contributed by atoms with E-state index in [9.17, 15) is 9.90 Å². The van der Waals surface area contributed by atoms with Gasteiger partial charge in [-0.2, -0.15) is 0 Å². The molecular weight excluding hydrogens is 450 g/mol. The largest absolute Gasteiger partial charge is 0.872 e. The smallest absolute Gasteiger partial charge is 0.231 e. The van der Waals surface area contributed by atoms with Gasteiger partial charge in [0.1, 0.15) is 18.0 Å². The molecule has 2 aromatic carbocycles. The van der Waals surface area contributed by atoms with Gasteiger partial charge < -0.3 is 24.2 Å². The molecule has 0 aliphatic carbocycles. The van der Waals surface area contributed by atoms with Crippen molar-refractivity contribution in [3.63, 3.8) is 0 Å². The Morgan fingerprint density at radius 2 is 2.10 bits per heavy atom. The summed E-state index contributed by atoms with van der Waals surface area (Å²) < 4.78 is 17.8. The number of allylic oxidation sites excluding steroid dienone is 1. The number of carbonyl (C=O) groups is 1. The van der Waals surface area contributed by atoms with E-state index in [1.54, 1.807) is 12.1 Å². The van der Waals surface area contributed by atoms with Crippen molar-refractivity contribution in [2.24, 2.45) is 0 Å². The van der Waals surface area contributed by atoms with Gasteiger partial charge in [-0.15, -0.1) is 0 Å². The van der Waals surface area contributed by atoms with E-state index in [1.807, 2.05) is 12.1 Å². The predicted octanol–water partition coefficient (Wildman–Crippen LogP) is 2.82. The molecule has 2 aromatic rings. The third-order valence-corrected chi connectivity index (χ3v) is 5.78. The van der Waals surface area contributed by atoms with Gasteiger partial charge in [-0.3, -0.25) is 4.79 Å². The first-order valence-corrected chi connectivity index (χ1v) is 10.9. The summed E-state index contributed by atoms with van der Waals surface area (Å²) in [5, 5.41) is 12.5. The number of ether oxygens (including phenoxy) is 3. The van der Waals surface area contributed by atoms with Gasteiger partial charge in [0.2, 0.25) is 5.78 Å². The third-order valence-electron chi connectivity index (χ3n) is 5.32. The number of carbonyl (C=O) groups excluding carboxylic acids is 1. The Morgan fingerprint density at radius 3 is 2.90 bits per heavy atom. The van der Waals surface area contributed by atoms with E-state index in [0.29, 0.717) is 35.8 Å². The van der Waals surface area contributed by atoms with Crippen molar-refractivity contribution in [2.45, 2.75) is 32.9 Å². The second kappa shape index (κ2) is 8.79. The van der Waals surface area contributed by atoms with Gasteiger partial charge in [-0.1, -0.05) is 41.1 Å². The highest BCUT2D eigenvalue weighted by Gasteiger charge is 2.31. The van der Waals surface area contributed by atoms with Crippen molar-refractivity contribution in [2.75, 3.05) is 20.4 Å². The molecule has 4 rings (SSSR count). The summed E-state index contributed by atoms with van der Waals surface area (Å²) in [7, 11) is 2.05. The first-order chi connectivity index (χ1) is 14.5. The molecule has 7 heteroatoms.